The molecule has 0 aliphatic carbocycles. The highest BCUT2D eigenvalue weighted by Gasteiger charge is 2.37. The van der Waals surface area contributed by atoms with Crippen molar-refractivity contribution < 1.29 is 18.6 Å². The van der Waals surface area contributed by atoms with E-state index < -0.39 is 0 Å². The molecule has 6 heteroatoms. The van der Waals surface area contributed by atoms with E-state index in [-0.39, 0.29) is 14.2 Å². The fraction of sp³-hybridized carbons (Fsp3) is 0.143. The topological polar surface area (TPSA) is 36.9 Å². The normalized spacial score (nSPS) is 14.8. The van der Waals surface area contributed by atoms with Crippen LogP contribution in [0, 0.1) is 0 Å². The van der Waals surface area contributed by atoms with E-state index in [1.54, 1.807) is 0 Å². The molecule has 2 aromatic carbocycles. The maximum Gasteiger partial charge on any atom is 0.594 e. The molecule has 0 saturated heterocycles. The van der Waals surface area contributed by atoms with Gasteiger partial charge in [0.25, 0.3) is 0 Å². The molecule has 2 heterocycles. The lowest BCUT2D eigenvalue weighted by molar-refractivity contribution is 0.479. The standard InChI is InChI=1S/C14H12B2O4/c1-2-6-12-11(5-1)17-15(18-12)9-10-16-19-13-7-3-4-8-14(13)20-16/h1-8H,9-10H2. The third-order valence-electron chi connectivity index (χ3n) is 3.37. The quantitative estimate of drug-likeness (QED) is 0.800. The van der Waals surface area contributed by atoms with Crippen LogP contribution in [0.2, 0.25) is 12.6 Å². The molecule has 2 aliphatic heterocycles. The molecule has 0 unspecified atom stereocenters. The molecule has 2 aliphatic rings. The van der Waals surface area contributed by atoms with Crippen molar-refractivity contribution in [1.29, 1.82) is 0 Å². The number of rotatable bonds is 3. The van der Waals surface area contributed by atoms with Gasteiger partial charge in [0, 0.05) is 12.6 Å². The first-order chi connectivity index (χ1) is 9.88. The Morgan fingerprint density at radius 2 is 0.850 bits per heavy atom. The van der Waals surface area contributed by atoms with Crippen LogP contribution < -0.4 is 18.6 Å². The summed E-state index contributed by atoms with van der Waals surface area (Å²) in [6.45, 7) is 0. The first-order valence-electron chi connectivity index (χ1n) is 6.73. The van der Waals surface area contributed by atoms with Crippen molar-refractivity contribution in [1.82, 2.24) is 0 Å². The summed E-state index contributed by atoms with van der Waals surface area (Å²) in [4.78, 5) is 0. The molecule has 4 rings (SSSR count). The zero-order valence-electron chi connectivity index (χ0n) is 10.8. The predicted octanol–water partition coefficient (Wildman–Crippen LogP) is 2.91. The van der Waals surface area contributed by atoms with Crippen molar-refractivity contribution >= 4 is 14.2 Å². The van der Waals surface area contributed by atoms with E-state index in [0.717, 1.165) is 23.0 Å². The summed E-state index contributed by atoms with van der Waals surface area (Å²) in [5.41, 5.74) is 0. The van der Waals surface area contributed by atoms with Crippen molar-refractivity contribution in [2.24, 2.45) is 0 Å². The Hall–Kier alpha value is -2.23. The Morgan fingerprint density at radius 3 is 1.15 bits per heavy atom. The minimum atomic E-state index is -0.261. The van der Waals surface area contributed by atoms with Crippen LogP contribution in [0.1, 0.15) is 0 Å². The molecule has 0 saturated carbocycles. The maximum atomic E-state index is 5.71. The first-order valence-corrected chi connectivity index (χ1v) is 6.73. The third-order valence-corrected chi connectivity index (χ3v) is 3.37. The van der Waals surface area contributed by atoms with E-state index >= 15 is 0 Å². The van der Waals surface area contributed by atoms with E-state index in [1.807, 2.05) is 48.5 Å². The highest BCUT2D eigenvalue weighted by molar-refractivity contribution is 6.53. The molecule has 0 amide bonds. The van der Waals surface area contributed by atoms with Gasteiger partial charge in [0.05, 0.1) is 0 Å². The van der Waals surface area contributed by atoms with Crippen molar-refractivity contribution in [2.75, 3.05) is 0 Å². The summed E-state index contributed by atoms with van der Waals surface area (Å²) in [6.07, 6.45) is 1.43. The highest BCUT2D eigenvalue weighted by Crippen LogP contribution is 2.36. The lowest BCUT2D eigenvalue weighted by Crippen LogP contribution is -2.30. The maximum absolute atomic E-state index is 5.71. The summed E-state index contributed by atoms with van der Waals surface area (Å²) in [5.74, 6) is 3.20. The highest BCUT2D eigenvalue weighted by atomic mass is 16.6. The summed E-state index contributed by atoms with van der Waals surface area (Å²) >= 11 is 0. The van der Waals surface area contributed by atoms with Crippen LogP contribution in [-0.2, 0) is 0 Å². The van der Waals surface area contributed by atoms with Crippen LogP contribution in [0.5, 0.6) is 23.0 Å². The lowest BCUT2D eigenvalue weighted by Gasteiger charge is -2.06. The molecule has 0 N–H and O–H groups in total. The van der Waals surface area contributed by atoms with Crippen molar-refractivity contribution in [3.8, 4) is 23.0 Å². The van der Waals surface area contributed by atoms with Crippen LogP contribution in [-0.4, -0.2) is 14.2 Å². The number of para-hydroxylation sites is 4. The Kier molecular flexibility index (Phi) is 2.73. The van der Waals surface area contributed by atoms with Gasteiger partial charge in [0.1, 0.15) is 23.0 Å². The van der Waals surface area contributed by atoms with Gasteiger partial charge in [0.15, 0.2) is 0 Å². The minimum Gasteiger partial charge on any atom is -0.523 e. The zero-order chi connectivity index (χ0) is 13.4. The predicted molar refractivity (Wildman–Crippen MR) is 76.5 cm³/mol. The Labute approximate surface area is 117 Å². The van der Waals surface area contributed by atoms with E-state index in [9.17, 15) is 0 Å². The molecule has 0 bridgehead atoms. The summed E-state index contributed by atoms with van der Waals surface area (Å²) in [5, 5.41) is 0. The van der Waals surface area contributed by atoms with Gasteiger partial charge in [-0.3, -0.25) is 0 Å². The van der Waals surface area contributed by atoms with Crippen LogP contribution in [0.15, 0.2) is 48.5 Å². The average Bonchev–Trinajstić information content (AvgIpc) is 3.07. The molecule has 4 nitrogen and oxygen atoms in total. The second kappa shape index (κ2) is 4.71. The van der Waals surface area contributed by atoms with Gasteiger partial charge in [-0.05, 0) is 24.3 Å². The Morgan fingerprint density at radius 1 is 0.550 bits per heavy atom. The first kappa shape index (κ1) is 11.6. The van der Waals surface area contributed by atoms with Gasteiger partial charge in [-0.15, -0.1) is 0 Å². The second-order valence-corrected chi connectivity index (χ2v) is 4.80. The minimum absolute atomic E-state index is 0.261. The fourth-order valence-electron chi connectivity index (χ4n) is 2.41. The SMILES string of the molecule is c1ccc2c(c1)OB(CCB1Oc3ccccc3O1)O2. The summed E-state index contributed by atoms with van der Waals surface area (Å²) in [7, 11) is -0.522. The summed E-state index contributed by atoms with van der Waals surface area (Å²) in [6, 6.07) is 15.4. The van der Waals surface area contributed by atoms with E-state index in [4.69, 9.17) is 18.6 Å². The van der Waals surface area contributed by atoms with Gasteiger partial charge in [-0.2, -0.15) is 0 Å². The largest absolute Gasteiger partial charge is 0.594 e. The second-order valence-electron chi connectivity index (χ2n) is 4.80. The van der Waals surface area contributed by atoms with Crippen LogP contribution >= 0.6 is 0 Å². The van der Waals surface area contributed by atoms with Gasteiger partial charge >= 0.3 is 14.2 Å². The zero-order valence-corrected chi connectivity index (χ0v) is 10.8. The number of hydrogen-bond donors (Lipinski definition) is 0. The van der Waals surface area contributed by atoms with E-state index in [0.29, 0.717) is 12.6 Å². The number of hydrogen-bond acceptors (Lipinski definition) is 4. The molecule has 0 atom stereocenters. The molecule has 98 valence electrons. The molecule has 20 heavy (non-hydrogen) atoms. The number of fused-ring (bicyclic) bond motifs is 2. The fourth-order valence-corrected chi connectivity index (χ4v) is 2.41. The van der Waals surface area contributed by atoms with E-state index in [1.165, 1.54) is 0 Å². The molecular formula is C14H12B2O4. The summed E-state index contributed by atoms with van der Waals surface area (Å²) < 4.78 is 22.8. The Bertz CT molecular complexity index is 529. The van der Waals surface area contributed by atoms with Crippen LogP contribution in [0.3, 0.4) is 0 Å². The van der Waals surface area contributed by atoms with Crippen LogP contribution in [0.25, 0.3) is 0 Å². The van der Waals surface area contributed by atoms with Gasteiger partial charge < -0.3 is 18.6 Å². The van der Waals surface area contributed by atoms with Gasteiger partial charge in [-0.1, -0.05) is 24.3 Å². The smallest absolute Gasteiger partial charge is 0.523 e. The monoisotopic (exact) mass is 266 g/mol. The molecule has 0 spiro atoms. The number of benzene rings is 2. The molecule has 2 aromatic rings. The molecule has 0 radical (unpaired) electrons. The Balaban J connectivity index is 1.33. The lowest BCUT2D eigenvalue weighted by atomic mass is 9.71. The van der Waals surface area contributed by atoms with Gasteiger partial charge in [-0.25, -0.2) is 0 Å². The van der Waals surface area contributed by atoms with Crippen molar-refractivity contribution in [3.63, 3.8) is 0 Å². The molecular weight excluding hydrogens is 254 g/mol. The van der Waals surface area contributed by atoms with Crippen molar-refractivity contribution in [2.45, 2.75) is 12.6 Å². The average molecular weight is 266 g/mol. The molecule has 0 fully saturated rings. The van der Waals surface area contributed by atoms with E-state index in [2.05, 4.69) is 0 Å². The molecule has 0 aromatic heterocycles. The van der Waals surface area contributed by atoms with Crippen molar-refractivity contribution in [3.05, 3.63) is 48.5 Å². The van der Waals surface area contributed by atoms with Crippen LogP contribution in [0.4, 0.5) is 0 Å². The van der Waals surface area contributed by atoms with Gasteiger partial charge in [0.2, 0.25) is 0 Å². The third kappa shape index (κ3) is 2.07.